The number of fused-ring (bicyclic) bond motifs is 6. The molecule has 3 heterocycles. The average Bonchev–Trinajstić information content (AvgIpc) is 3.54. The summed E-state index contributed by atoms with van der Waals surface area (Å²) in [5.41, 5.74) is 1.62. The zero-order valence-electron chi connectivity index (χ0n) is 26.6. The highest BCUT2D eigenvalue weighted by atomic mass is 16.6. The van der Waals surface area contributed by atoms with Crippen LogP contribution in [-0.4, -0.2) is 71.1 Å². The van der Waals surface area contributed by atoms with E-state index in [-0.39, 0.29) is 29.9 Å². The van der Waals surface area contributed by atoms with Crippen molar-refractivity contribution in [3.63, 3.8) is 0 Å². The van der Waals surface area contributed by atoms with Gasteiger partial charge < -0.3 is 29.2 Å². The molecule has 6 atom stereocenters. The molecule has 0 radical (unpaired) electrons. The van der Waals surface area contributed by atoms with E-state index in [2.05, 4.69) is 5.32 Å². The first-order chi connectivity index (χ1) is 21.0. The van der Waals surface area contributed by atoms with Crippen molar-refractivity contribution in [2.45, 2.75) is 115 Å². The van der Waals surface area contributed by atoms with Crippen LogP contribution in [0, 0.1) is 17.3 Å². The summed E-state index contributed by atoms with van der Waals surface area (Å²) >= 11 is 0. The second-order valence-corrected chi connectivity index (χ2v) is 14.5. The highest BCUT2D eigenvalue weighted by molar-refractivity contribution is 5.89. The Morgan fingerprint density at radius 2 is 1.77 bits per heavy atom. The van der Waals surface area contributed by atoms with Crippen molar-refractivity contribution in [3.8, 4) is 11.6 Å². The Morgan fingerprint density at radius 3 is 2.48 bits per heavy atom. The molecule has 44 heavy (non-hydrogen) atoms. The number of carbonyl (C=O) groups excluding carboxylic acids is 3. The summed E-state index contributed by atoms with van der Waals surface area (Å²) in [6, 6.07) is 4.11. The molecule has 10 nitrogen and oxygen atoms in total. The third kappa shape index (κ3) is 5.84. The molecule has 1 spiro atoms. The zero-order chi connectivity index (χ0) is 31.2. The van der Waals surface area contributed by atoms with E-state index in [0.717, 1.165) is 75.3 Å². The van der Waals surface area contributed by atoms with E-state index in [9.17, 15) is 14.4 Å². The van der Waals surface area contributed by atoms with E-state index < -0.39 is 29.7 Å². The monoisotopic (exact) mass is 606 g/mol. The van der Waals surface area contributed by atoms with Crippen molar-refractivity contribution < 1.29 is 28.6 Å². The van der Waals surface area contributed by atoms with Gasteiger partial charge in [-0.05, 0) is 68.4 Å². The van der Waals surface area contributed by atoms with Gasteiger partial charge in [0.05, 0.1) is 30.7 Å². The molecule has 4 aliphatic rings. The number of hydrogen-bond acceptors (Lipinski definition) is 8. The summed E-state index contributed by atoms with van der Waals surface area (Å²) in [5.74, 6) is 0.861. The van der Waals surface area contributed by atoms with Gasteiger partial charge in [-0.15, -0.1) is 0 Å². The number of carbonyl (C=O) groups is 3. The molecule has 0 unspecified atom stereocenters. The second kappa shape index (κ2) is 11.8. The summed E-state index contributed by atoms with van der Waals surface area (Å²) in [6.07, 6.45) is 8.62. The van der Waals surface area contributed by atoms with Gasteiger partial charge in [-0.25, -0.2) is 14.8 Å². The number of aldehydes is 1. The van der Waals surface area contributed by atoms with Crippen LogP contribution in [0.1, 0.15) is 91.2 Å². The van der Waals surface area contributed by atoms with E-state index in [1.165, 1.54) is 0 Å². The molecule has 2 aromatic rings. The third-order valence-electron chi connectivity index (χ3n) is 10.4. The van der Waals surface area contributed by atoms with Crippen LogP contribution >= 0.6 is 0 Å². The van der Waals surface area contributed by atoms with Gasteiger partial charge in [-0.1, -0.05) is 40.5 Å². The molecule has 2 saturated carbocycles. The number of rotatable bonds is 2. The Morgan fingerprint density at radius 1 is 1.00 bits per heavy atom. The SMILES string of the molecule is COc1ccc2nc3c(nc2c1)O[C@H]1CN(C(=O)[C@H](C(C)(C)C)NC(=O)O[C@@H]2CCC[C@H]2CCCCC32CC2)[C@H](C=O)[C@@H]1C. The molecule has 1 N–H and O–H groups in total. The molecule has 1 saturated heterocycles. The van der Waals surface area contributed by atoms with Crippen LogP contribution in [0.5, 0.6) is 11.6 Å². The molecule has 2 aliphatic carbocycles. The van der Waals surface area contributed by atoms with Crippen LogP contribution < -0.4 is 14.8 Å². The predicted octanol–water partition coefficient (Wildman–Crippen LogP) is 5.35. The molecule has 1 aromatic carbocycles. The Hall–Kier alpha value is -3.43. The lowest BCUT2D eigenvalue weighted by Crippen LogP contribution is -2.56. The van der Waals surface area contributed by atoms with Gasteiger partial charge in [0.1, 0.15) is 36.0 Å². The normalized spacial score (nSPS) is 30.8. The Kier molecular flexibility index (Phi) is 8.22. The lowest BCUT2D eigenvalue weighted by molar-refractivity contribution is -0.139. The van der Waals surface area contributed by atoms with Crippen LogP contribution in [0.4, 0.5) is 4.79 Å². The fourth-order valence-corrected chi connectivity index (χ4v) is 7.50. The Balaban J connectivity index is 1.39. The van der Waals surface area contributed by atoms with Gasteiger partial charge in [0.25, 0.3) is 0 Å². The van der Waals surface area contributed by atoms with Crippen molar-refractivity contribution >= 4 is 29.3 Å². The number of nitrogens with one attached hydrogen (secondary N) is 1. The lowest BCUT2D eigenvalue weighted by Gasteiger charge is -2.35. The maximum Gasteiger partial charge on any atom is 0.408 e. The summed E-state index contributed by atoms with van der Waals surface area (Å²) in [7, 11) is 1.62. The quantitative estimate of drug-likeness (QED) is 0.455. The van der Waals surface area contributed by atoms with E-state index in [1.54, 1.807) is 12.0 Å². The minimum absolute atomic E-state index is 0.105. The Labute approximate surface area is 259 Å². The standard InChI is InChI=1S/C34H46N4O6/c1-20-25(19-39)38-18-27(20)43-30-28(35-23-13-12-22(42-5)17-24(23)36-30)34(15-16-34)14-7-6-9-21-10-8-11-26(21)44-32(41)37-29(31(38)40)33(2,3)4/h12-13,17,19-21,25-27,29H,6-11,14-16,18H2,1-5H3,(H,37,41)/t20-,21+,25+,26+,27-,29+/m0/s1. The van der Waals surface area contributed by atoms with Crippen LogP contribution in [0.2, 0.25) is 0 Å². The van der Waals surface area contributed by atoms with Gasteiger partial charge >= 0.3 is 6.09 Å². The molecular formula is C34H46N4O6. The predicted molar refractivity (Wildman–Crippen MR) is 165 cm³/mol. The van der Waals surface area contributed by atoms with Crippen molar-refractivity contribution in [1.82, 2.24) is 20.2 Å². The third-order valence-corrected chi connectivity index (χ3v) is 10.4. The van der Waals surface area contributed by atoms with Gasteiger partial charge in [0.2, 0.25) is 11.8 Å². The summed E-state index contributed by atoms with van der Waals surface area (Å²) in [5, 5.41) is 2.89. The number of nitrogens with zero attached hydrogens (tertiary/aromatic N) is 3. The molecule has 3 fully saturated rings. The molecular weight excluding hydrogens is 560 g/mol. The molecule has 1 aromatic heterocycles. The summed E-state index contributed by atoms with van der Waals surface area (Å²) in [4.78, 5) is 51.5. The maximum atomic E-state index is 14.1. The fourth-order valence-electron chi connectivity index (χ4n) is 7.50. The molecule has 6 rings (SSSR count). The topological polar surface area (TPSA) is 120 Å². The molecule has 2 aliphatic heterocycles. The minimum atomic E-state index is -0.875. The maximum absolute atomic E-state index is 14.1. The van der Waals surface area contributed by atoms with Gasteiger partial charge in [-0.3, -0.25) is 4.79 Å². The minimum Gasteiger partial charge on any atom is -0.497 e. The number of alkyl carbamates (subject to hydrolysis) is 1. The van der Waals surface area contributed by atoms with E-state index >= 15 is 0 Å². The van der Waals surface area contributed by atoms with E-state index in [1.807, 2.05) is 45.9 Å². The van der Waals surface area contributed by atoms with Crippen LogP contribution in [0.25, 0.3) is 11.0 Å². The molecule has 2 bridgehead atoms. The number of benzene rings is 1. The van der Waals surface area contributed by atoms with Crippen molar-refractivity contribution in [2.24, 2.45) is 17.3 Å². The number of methoxy groups -OCH3 is 1. The van der Waals surface area contributed by atoms with Crippen LogP contribution in [0.15, 0.2) is 18.2 Å². The van der Waals surface area contributed by atoms with Crippen molar-refractivity contribution in [3.05, 3.63) is 23.9 Å². The first-order valence-electron chi connectivity index (χ1n) is 16.3. The number of ether oxygens (including phenoxy) is 3. The van der Waals surface area contributed by atoms with Gasteiger partial charge in [0.15, 0.2) is 0 Å². The average molecular weight is 607 g/mol. The van der Waals surface area contributed by atoms with E-state index in [0.29, 0.717) is 23.1 Å². The number of hydrogen-bond donors (Lipinski definition) is 1. The van der Waals surface area contributed by atoms with Gasteiger partial charge in [-0.2, -0.15) is 0 Å². The van der Waals surface area contributed by atoms with E-state index in [4.69, 9.17) is 24.2 Å². The first kappa shape index (κ1) is 30.6. The highest BCUT2D eigenvalue weighted by Gasteiger charge is 2.51. The number of aromatic nitrogens is 2. The van der Waals surface area contributed by atoms with Crippen LogP contribution in [-0.2, 0) is 19.7 Å². The Bertz CT molecular complexity index is 1420. The first-order valence-corrected chi connectivity index (χ1v) is 16.3. The van der Waals surface area contributed by atoms with Crippen LogP contribution in [0.3, 0.4) is 0 Å². The van der Waals surface area contributed by atoms with Gasteiger partial charge in [0, 0.05) is 17.4 Å². The molecule has 2 amide bonds. The van der Waals surface area contributed by atoms with Crippen molar-refractivity contribution in [2.75, 3.05) is 13.7 Å². The molecule has 10 heteroatoms. The fraction of sp³-hybridized carbons (Fsp3) is 0.676. The summed E-state index contributed by atoms with van der Waals surface area (Å²) < 4.78 is 18.1. The smallest absolute Gasteiger partial charge is 0.408 e. The lowest BCUT2D eigenvalue weighted by atomic mass is 9.85. The number of amides is 2. The molecule has 238 valence electrons. The second-order valence-electron chi connectivity index (χ2n) is 14.5. The zero-order valence-corrected chi connectivity index (χ0v) is 26.6. The largest absolute Gasteiger partial charge is 0.497 e. The summed E-state index contributed by atoms with van der Waals surface area (Å²) in [6.45, 7) is 7.84. The highest BCUT2D eigenvalue weighted by Crippen LogP contribution is 2.54. The van der Waals surface area contributed by atoms with Crippen molar-refractivity contribution in [1.29, 1.82) is 0 Å².